The van der Waals surface area contributed by atoms with E-state index in [2.05, 4.69) is 33.7 Å². The van der Waals surface area contributed by atoms with Gasteiger partial charge in [-0.3, -0.25) is 4.98 Å². The first-order valence-corrected chi connectivity index (χ1v) is 7.87. The second-order valence-electron chi connectivity index (χ2n) is 6.12. The van der Waals surface area contributed by atoms with E-state index in [1.165, 1.54) is 0 Å². The van der Waals surface area contributed by atoms with E-state index in [-0.39, 0.29) is 5.56 Å². The van der Waals surface area contributed by atoms with Crippen molar-refractivity contribution in [3.05, 3.63) is 47.3 Å². The largest absolute Gasteiger partial charge is 0.478 e. The molecule has 2 rings (SSSR count). The Labute approximate surface area is 136 Å². The number of hydrogen-bond acceptors (Lipinski definition) is 4. The second kappa shape index (κ2) is 7.87. The van der Waals surface area contributed by atoms with Crippen LogP contribution in [-0.4, -0.2) is 25.6 Å². The number of imidazole rings is 1. The standard InChI is InChI=1S/C17H24N4O2/c1-12(2)4-6-21-7-5-19-16(21)11-18-10-15-9-14(17(22)23)8-13(3)20-15/h5,7-9,12,18H,4,6,10-11H2,1-3H3,(H,22,23). The van der Waals surface area contributed by atoms with Crippen molar-refractivity contribution in [2.75, 3.05) is 0 Å². The van der Waals surface area contributed by atoms with Gasteiger partial charge in [0.15, 0.2) is 0 Å². The molecule has 0 aliphatic carbocycles. The van der Waals surface area contributed by atoms with E-state index in [4.69, 9.17) is 5.11 Å². The Kier molecular flexibility index (Phi) is 5.87. The topological polar surface area (TPSA) is 80.0 Å². The number of aromatic carboxylic acids is 1. The van der Waals surface area contributed by atoms with Crippen LogP contribution in [0.3, 0.4) is 0 Å². The Morgan fingerprint density at radius 2 is 2.13 bits per heavy atom. The van der Waals surface area contributed by atoms with Gasteiger partial charge in [0, 0.05) is 31.2 Å². The highest BCUT2D eigenvalue weighted by Gasteiger charge is 2.08. The summed E-state index contributed by atoms with van der Waals surface area (Å²) in [7, 11) is 0. The second-order valence-corrected chi connectivity index (χ2v) is 6.12. The number of hydrogen-bond donors (Lipinski definition) is 2. The molecular formula is C17H24N4O2. The van der Waals surface area contributed by atoms with Crippen molar-refractivity contribution >= 4 is 5.97 Å². The van der Waals surface area contributed by atoms with Gasteiger partial charge in [0.2, 0.25) is 0 Å². The maximum atomic E-state index is 11.1. The molecule has 0 bridgehead atoms. The van der Waals surface area contributed by atoms with Gasteiger partial charge in [0.1, 0.15) is 5.82 Å². The van der Waals surface area contributed by atoms with Gasteiger partial charge in [0.25, 0.3) is 0 Å². The average Bonchev–Trinajstić information content (AvgIpc) is 2.92. The molecule has 0 unspecified atom stereocenters. The number of carboxylic acids is 1. The minimum absolute atomic E-state index is 0.271. The van der Waals surface area contributed by atoms with E-state index in [1.807, 2.05) is 12.4 Å². The summed E-state index contributed by atoms with van der Waals surface area (Å²) in [4.78, 5) is 19.8. The van der Waals surface area contributed by atoms with Crippen LogP contribution in [0, 0.1) is 12.8 Å². The molecule has 0 saturated carbocycles. The fourth-order valence-corrected chi connectivity index (χ4v) is 2.36. The quantitative estimate of drug-likeness (QED) is 0.782. The van der Waals surface area contributed by atoms with Gasteiger partial charge in [-0.15, -0.1) is 0 Å². The molecule has 2 N–H and O–H groups in total. The van der Waals surface area contributed by atoms with Crippen LogP contribution in [0.2, 0.25) is 0 Å². The third-order valence-electron chi connectivity index (χ3n) is 3.59. The van der Waals surface area contributed by atoms with Crippen molar-refractivity contribution in [1.29, 1.82) is 0 Å². The van der Waals surface area contributed by atoms with Crippen molar-refractivity contribution in [3.63, 3.8) is 0 Å². The molecule has 6 nitrogen and oxygen atoms in total. The normalized spacial score (nSPS) is 11.1. The predicted octanol–water partition coefficient (Wildman–Crippen LogP) is 2.62. The maximum absolute atomic E-state index is 11.1. The van der Waals surface area contributed by atoms with Gasteiger partial charge in [-0.25, -0.2) is 9.78 Å². The Morgan fingerprint density at radius 3 is 2.83 bits per heavy atom. The highest BCUT2D eigenvalue weighted by atomic mass is 16.4. The monoisotopic (exact) mass is 316 g/mol. The number of carboxylic acid groups (broad SMARTS) is 1. The van der Waals surface area contributed by atoms with Crippen LogP contribution in [0.25, 0.3) is 0 Å². The van der Waals surface area contributed by atoms with Gasteiger partial charge in [-0.2, -0.15) is 0 Å². The maximum Gasteiger partial charge on any atom is 0.335 e. The molecule has 2 heterocycles. The Bertz CT molecular complexity index is 664. The number of pyridine rings is 1. The van der Waals surface area contributed by atoms with E-state index in [1.54, 1.807) is 19.1 Å². The minimum atomic E-state index is -0.930. The van der Waals surface area contributed by atoms with E-state index < -0.39 is 5.97 Å². The first-order chi connectivity index (χ1) is 11.0. The SMILES string of the molecule is Cc1cc(C(=O)O)cc(CNCc2nccn2CCC(C)C)n1. The lowest BCUT2D eigenvalue weighted by atomic mass is 10.1. The summed E-state index contributed by atoms with van der Waals surface area (Å²) in [5.74, 6) is 0.710. The zero-order chi connectivity index (χ0) is 16.8. The molecule has 0 aromatic carbocycles. The number of rotatable bonds is 8. The van der Waals surface area contributed by atoms with Gasteiger partial charge in [-0.05, 0) is 31.4 Å². The van der Waals surface area contributed by atoms with Crippen LogP contribution in [0.5, 0.6) is 0 Å². The predicted molar refractivity (Wildman–Crippen MR) is 88.2 cm³/mol. The third kappa shape index (κ3) is 5.17. The smallest absolute Gasteiger partial charge is 0.335 e. The molecule has 0 aliphatic rings. The number of nitrogens with zero attached hydrogens (tertiary/aromatic N) is 3. The molecule has 6 heteroatoms. The number of nitrogens with one attached hydrogen (secondary N) is 1. The van der Waals surface area contributed by atoms with E-state index in [0.29, 0.717) is 24.7 Å². The van der Waals surface area contributed by atoms with Crippen LogP contribution < -0.4 is 5.32 Å². The number of carbonyl (C=O) groups is 1. The van der Waals surface area contributed by atoms with E-state index >= 15 is 0 Å². The number of aryl methyl sites for hydroxylation is 2. The molecule has 0 amide bonds. The molecule has 124 valence electrons. The summed E-state index contributed by atoms with van der Waals surface area (Å²) in [6, 6.07) is 3.18. The zero-order valence-electron chi connectivity index (χ0n) is 13.9. The van der Waals surface area contributed by atoms with Crippen molar-refractivity contribution in [1.82, 2.24) is 19.9 Å². The lowest BCUT2D eigenvalue weighted by Gasteiger charge is -2.10. The molecule has 0 aliphatic heterocycles. The highest BCUT2D eigenvalue weighted by molar-refractivity contribution is 5.87. The fourth-order valence-electron chi connectivity index (χ4n) is 2.36. The first-order valence-electron chi connectivity index (χ1n) is 7.87. The van der Waals surface area contributed by atoms with E-state index in [9.17, 15) is 4.79 Å². The Hall–Kier alpha value is -2.21. The van der Waals surface area contributed by atoms with Crippen LogP contribution in [0.4, 0.5) is 0 Å². The summed E-state index contributed by atoms with van der Waals surface area (Å²) >= 11 is 0. The molecule has 23 heavy (non-hydrogen) atoms. The summed E-state index contributed by atoms with van der Waals surface area (Å²) < 4.78 is 2.15. The van der Waals surface area contributed by atoms with Crippen LogP contribution in [0.15, 0.2) is 24.5 Å². The molecule has 2 aromatic rings. The third-order valence-corrected chi connectivity index (χ3v) is 3.59. The lowest BCUT2D eigenvalue weighted by molar-refractivity contribution is 0.0696. The molecule has 0 fully saturated rings. The minimum Gasteiger partial charge on any atom is -0.478 e. The Morgan fingerprint density at radius 1 is 1.35 bits per heavy atom. The Balaban J connectivity index is 1.93. The molecular weight excluding hydrogens is 292 g/mol. The van der Waals surface area contributed by atoms with Crippen LogP contribution in [0.1, 0.15) is 47.8 Å². The van der Waals surface area contributed by atoms with Gasteiger partial charge >= 0.3 is 5.97 Å². The van der Waals surface area contributed by atoms with Gasteiger partial charge in [0.05, 0.1) is 17.8 Å². The molecule has 0 saturated heterocycles. The van der Waals surface area contributed by atoms with Crippen LogP contribution in [-0.2, 0) is 19.6 Å². The van der Waals surface area contributed by atoms with Crippen molar-refractivity contribution < 1.29 is 9.90 Å². The zero-order valence-corrected chi connectivity index (χ0v) is 13.9. The average molecular weight is 316 g/mol. The molecule has 0 spiro atoms. The summed E-state index contributed by atoms with van der Waals surface area (Å²) in [6.45, 7) is 8.31. The summed E-state index contributed by atoms with van der Waals surface area (Å²) in [6.07, 6.45) is 4.92. The molecule has 0 radical (unpaired) electrons. The van der Waals surface area contributed by atoms with Crippen LogP contribution >= 0.6 is 0 Å². The summed E-state index contributed by atoms with van der Waals surface area (Å²) in [5.41, 5.74) is 1.70. The highest BCUT2D eigenvalue weighted by Crippen LogP contribution is 2.08. The first kappa shape index (κ1) is 17.1. The van der Waals surface area contributed by atoms with Crippen molar-refractivity contribution in [2.45, 2.75) is 46.8 Å². The van der Waals surface area contributed by atoms with Crippen molar-refractivity contribution in [2.24, 2.45) is 5.92 Å². The number of aromatic nitrogens is 3. The fraction of sp³-hybridized carbons (Fsp3) is 0.471. The van der Waals surface area contributed by atoms with Gasteiger partial charge < -0.3 is 15.0 Å². The summed E-state index contributed by atoms with van der Waals surface area (Å²) in [5, 5.41) is 12.4. The van der Waals surface area contributed by atoms with Gasteiger partial charge in [-0.1, -0.05) is 13.8 Å². The lowest BCUT2D eigenvalue weighted by Crippen LogP contribution is -2.18. The molecule has 2 aromatic heterocycles. The molecule has 0 atom stereocenters. The van der Waals surface area contributed by atoms with Crippen molar-refractivity contribution in [3.8, 4) is 0 Å². The van der Waals surface area contributed by atoms with E-state index in [0.717, 1.165) is 24.5 Å².